The number of aliphatic imine (C=N–C) groups is 1. The van der Waals surface area contributed by atoms with Gasteiger partial charge in [0.25, 0.3) is 0 Å². The van der Waals surface area contributed by atoms with Crippen LogP contribution in [0.25, 0.3) is 0 Å². The van der Waals surface area contributed by atoms with Gasteiger partial charge in [0.1, 0.15) is 5.82 Å². The second-order valence-corrected chi connectivity index (χ2v) is 7.58. The van der Waals surface area contributed by atoms with E-state index in [1.54, 1.807) is 47.3 Å². The minimum Gasteiger partial charge on any atom is -0.758 e. The van der Waals surface area contributed by atoms with Crippen LogP contribution in [0.2, 0.25) is 0 Å². The maximum absolute atomic E-state index is 13.4. The maximum atomic E-state index is 13.4. The summed E-state index contributed by atoms with van der Waals surface area (Å²) in [5, 5.41) is 9.72. The van der Waals surface area contributed by atoms with Crippen LogP contribution >= 0.6 is 0 Å². The van der Waals surface area contributed by atoms with Crippen LogP contribution in [-0.4, -0.2) is 15.9 Å². The zero-order valence-electron chi connectivity index (χ0n) is 16.9. The molecule has 3 rings (SSSR count). The SMILES string of the molecule is Cc1ccc(C(=O)[C@H](C([S-])=NCc2ccc(F)cc2)[n+]2cccc(CO)c2)cc1C. The number of carbonyl (C=O) groups excluding carboxylic acids is 1. The summed E-state index contributed by atoms with van der Waals surface area (Å²) in [7, 11) is 0. The lowest BCUT2D eigenvalue weighted by molar-refractivity contribution is -0.692. The molecule has 1 heterocycles. The fourth-order valence-electron chi connectivity index (χ4n) is 3.07. The lowest BCUT2D eigenvalue weighted by atomic mass is 9.99. The first-order valence-corrected chi connectivity index (χ1v) is 9.97. The van der Waals surface area contributed by atoms with Crippen molar-refractivity contribution >= 4 is 23.5 Å². The molecule has 4 nitrogen and oxygen atoms in total. The largest absolute Gasteiger partial charge is 0.758 e. The summed E-state index contributed by atoms with van der Waals surface area (Å²) in [6.07, 6.45) is 3.44. The van der Waals surface area contributed by atoms with Gasteiger partial charge in [0.15, 0.2) is 12.4 Å². The topological polar surface area (TPSA) is 53.5 Å². The number of benzene rings is 2. The second kappa shape index (κ2) is 9.69. The highest BCUT2D eigenvalue weighted by Crippen LogP contribution is 2.17. The smallest absolute Gasteiger partial charge is 0.237 e. The van der Waals surface area contributed by atoms with Crippen LogP contribution < -0.4 is 4.57 Å². The summed E-state index contributed by atoms with van der Waals surface area (Å²) in [6, 6.07) is 14.3. The normalized spacial score (nSPS) is 12.6. The number of aliphatic hydroxyl groups excluding tert-OH is 1. The molecule has 0 saturated carbocycles. The Hall–Kier alpha value is -2.96. The number of nitrogens with zero attached hydrogens (tertiary/aromatic N) is 2. The third kappa shape index (κ3) is 5.14. The molecule has 1 N–H and O–H groups in total. The molecule has 0 fully saturated rings. The van der Waals surface area contributed by atoms with E-state index in [9.17, 15) is 14.3 Å². The van der Waals surface area contributed by atoms with E-state index >= 15 is 0 Å². The highest BCUT2D eigenvalue weighted by Gasteiger charge is 2.28. The Kier molecular flexibility index (Phi) is 7.03. The van der Waals surface area contributed by atoms with Gasteiger partial charge in [-0.05, 0) is 59.8 Å². The molecule has 154 valence electrons. The molecule has 0 bridgehead atoms. The maximum Gasteiger partial charge on any atom is 0.237 e. The number of hydrogen-bond donors (Lipinski definition) is 1. The standard InChI is InChI=1S/C24H23FN2O2S/c1-16-5-8-20(12-17(16)2)23(29)22(27-11-3-4-19(14-27)15-28)24(30)26-13-18-6-9-21(25)10-7-18/h3-12,14,22,28H,13,15H2,1-2H3/t22-/m1/s1. The first-order valence-electron chi connectivity index (χ1n) is 9.57. The zero-order chi connectivity index (χ0) is 21.7. The van der Waals surface area contributed by atoms with Crippen LogP contribution in [0.5, 0.6) is 0 Å². The average molecular weight is 423 g/mol. The highest BCUT2D eigenvalue weighted by molar-refractivity contribution is 7.77. The predicted octanol–water partition coefficient (Wildman–Crippen LogP) is 3.79. The van der Waals surface area contributed by atoms with Crippen LogP contribution in [-0.2, 0) is 25.8 Å². The highest BCUT2D eigenvalue weighted by atomic mass is 32.1. The number of ketones is 1. The third-order valence-electron chi connectivity index (χ3n) is 4.97. The lowest BCUT2D eigenvalue weighted by Crippen LogP contribution is -2.48. The Labute approximate surface area is 181 Å². The first-order chi connectivity index (χ1) is 14.4. The molecule has 0 radical (unpaired) electrons. The number of rotatable bonds is 7. The van der Waals surface area contributed by atoms with Crippen molar-refractivity contribution in [3.05, 3.63) is 101 Å². The number of Topliss-reactive ketones (excluding diaryl/α,β-unsaturated/α-hetero) is 1. The van der Waals surface area contributed by atoms with Crippen LogP contribution in [0, 0.1) is 19.7 Å². The van der Waals surface area contributed by atoms with Gasteiger partial charge in [-0.25, -0.2) is 4.39 Å². The minimum atomic E-state index is -0.825. The number of carbonyl (C=O) groups is 1. The Morgan fingerprint density at radius 2 is 1.83 bits per heavy atom. The quantitative estimate of drug-likeness (QED) is 0.207. The van der Waals surface area contributed by atoms with Gasteiger partial charge in [0.05, 0.1) is 13.2 Å². The number of aryl methyl sites for hydroxylation is 2. The molecule has 3 aromatic rings. The first kappa shape index (κ1) is 21.7. The molecule has 0 aliphatic heterocycles. The van der Waals surface area contributed by atoms with Crippen molar-refractivity contribution in [3.8, 4) is 0 Å². The Balaban J connectivity index is 1.99. The van der Waals surface area contributed by atoms with Crippen LogP contribution in [0.3, 0.4) is 0 Å². The minimum absolute atomic E-state index is 0.148. The van der Waals surface area contributed by atoms with Crippen molar-refractivity contribution < 1.29 is 18.9 Å². The Morgan fingerprint density at radius 1 is 1.10 bits per heavy atom. The molecule has 1 atom stereocenters. The summed E-state index contributed by atoms with van der Waals surface area (Å²) in [5.41, 5.74) is 4.12. The summed E-state index contributed by atoms with van der Waals surface area (Å²) < 4.78 is 14.8. The molecular formula is C24H23FN2O2S. The number of pyridine rings is 1. The summed E-state index contributed by atoms with van der Waals surface area (Å²) in [5.74, 6) is -0.494. The molecule has 0 aliphatic rings. The van der Waals surface area contributed by atoms with Gasteiger partial charge in [-0.1, -0.05) is 24.3 Å². The summed E-state index contributed by atoms with van der Waals surface area (Å²) in [6.45, 7) is 4.04. The van der Waals surface area contributed by atoms with E-state index in [1.807, 2.05) is 26.0 Å². The molecule has 1 aromatic heterocycles. The molecule has 0 spiro atoms. The lowest BCUT2D eigenvalue weighted by Gasteiger charge is -2.19. The van der Waals surface area contributed by atoms with E-state index < -0.39 is 6.04 Å². The molecule has 0 aliphatic carbocycles. The second-order valence-electron chi connectivity index (χ2n) is 7.16. The van der Waals surface area contributed by atoms with E-state index in [2.05, 4.69) is 4.99 Å². The zero-order valence-corrected chi connectivity index (χ0v) is 17.7. The molecule has 30 heavy (non-hydrogen) atoms. The van der Waals surface area contributed by atoms with Gasteiger partial charge in [0, 0.05) is 17.2 Å². The molecule has 0 saturated heterocycles. The fraction of sp³-hybridized carbons (Fsp3) is 0.208. The van der Waals surface area contributed by atoms with E-state index in [4.69, 9.17) is 12.6 Å². The summed E-state index contributed by atoms with van der Waals surface area (Å²) in [4.78, 5) is 17.9. The molecule has 2 aromatic carbocycles. The van der Waals surface area contributed by atoms with E-state index in [1.165, 1.54) is 12.1 Å². The van der Waals surface area contributed by atoms with Gasteiger partial charge in [-0.3, -0.25) is 4.79 Å². The van der Waals surface area contributed by atoms with E-state index in [-0.39, 0.29) is 29.8 Å². The fourth-order valence-corrected chi connectivity index (χ4v) is 3.36. The van der Waals surface area contributed by atoms with Crippen molar-refractivity contribution in [1.82, 2.24) is 0 Å². The van der Waals surface area contributed by atoms with E-state index in [0.29, 0.717) is 11.1 Å². The average Bonchev–Trinajstić information content (AvgIpc) is 2.75. The van der Waals surface area contributed by atoms with Gasteiger partial charge >= 0.3 is 0 Å². The molecular weight excluding hydrogens is 399 g/mol. The van der Waals surface area contributed by atoms with Crippen molar-refractivity contribution in [1.29, 1.82) is 0 Å². The van der Waals surface area contributed by atoms with Crippen LogP contribution in [0.15, 0.2) is 72.0 Å². The number of halogens is 1. The van der Waals surface area contributed by atoms with Crippen molar-refractivity contribution in [2.75, 3.05) is 0 Å². The Bertz CT molecular complexity index is 1080. The number of aromatic nitrogens is 1. The van der Waals surface area contributed by atoms with Crippen LogP contribution in [0.4, 0.5) is 4.39 Å². The van der Waals surface area contributed by atoms with Gasteiger partial charge in [-0.2, -0.15) is 4.57 Å². The van der Waals surface area contributed by atoms with Crippen molar-refractivity contribution in [2.24, 2.45) is 4.99 Å². The monoisotopic (exact) mass is 422 g/mol. The predicted molar refractivity (Wildman–Crippen MR) is 117 cm³/mol. The van der Waals surface area contributed by atoms with E-state index in [0.717, 1.165) is 16.7 Å². The van der Waals surface area contributed by atoms with Crippen molar-refractivity contribution in [2.45, 2.75) is 33.0 Å². The number of hydrogen-bond acceptors (Lipinski definition) is 4. The Morgan fingerprint density at radius 3 is 2.50 bits per heavy atom. The van der Waals surface area contributed by atoms with Crippen LogP contribution in [0.1, 0.15) is 38.7 Å². The van der Waals surface area contributed by atoms with Gasteiger partial charge < -0.3 is 22.7 Å². The van der Waals surface area contributed by atoms with Crippen molar-refractivity contribution in [3.63, 3.8) is 0 Å². The number of aliphatic hydroxyl groups is 1. The summed E-state index contributed by atoms with van der Waals surface area (Å²) >= 11 is 5.55. The van der Waals surface area contributed by atoms with Gasteiger partial charge in [0.2, 0.25) is 11.8 Å². The molecule has 0 amide bonds. The third-order valence-corrected chi connectivity index (χ3v) is 5.32. The van der Waals surface area contributed by atoms with Gasteiger partial charge in [-0.15, -0.1) is 0 Å². The molecule has 0 unspecified atom stereocenters. The molecule has 6 heteroatoms.